The van der Waals surface area contributed by atoms with Gasteiger partial charge in [-0.15, -0.1) is 0 Å². The summed E-state index contributed by atoms with van der Waals surface area (Å²) in [5, 5.41) is 3.00. The lowest BCUT2D eigenvalue weighted by Crippen LogP contribution is -2.16. The van der Waals surface area contributed by atoms with Crippen molar-refractivity contribution >= 4 is 49.8 Å². The van der Waals surface area contributed by atoms with Crippen molar-refractivity contribution in [1.29, 1.82) is 0 Å². The monoisotopic (exact) mass is 663 g/mol. The van der Waals surface area contributed by atoms with E-state index < -0.39 is 36.3 Å². The van der Waals surface area contributed by atoms with Gasteiger partial charge in [-0.25, -0.2) is 0 Å². The van der Waals surface area contributed by atoms with Crippen molar-refractivity contribution in [3.05, 3.63) is 187 Å². The highest BCUT2D eigenvalue weighted by Crippen LogP contribution is 2.51. The Morgan fingerprint density at radius 1 is 0.529 bits per heavy atom. The summed E-state index contributed by atoms with van der Waals surface area (Å²) in [5.41, 5.74) is 8.97. The molecular weight excluding hydrogens is 619 g/mol. The van der Waals surface area contributed by atoms with Crippen LogP contribution in [-0.4, -0.2) is 0 Å². The average Bonchev–Trinajstić information content (AvgIpc) is 3.77. The van der Waals surface area contributed by atoms with Gasteiger partial charge < -0.3 is 9.32 Å². The molecule has 0 saturated carbocycles. The van der Waals surface area contributed by atoms with Gasteiger partial charge in [0.05, 0.1) is 19.4 Å². The normalized spacial score (nSPS) is 15.8. The molecule has 0 amide bonds. The van der Waals surface area contributed by atoms with Gasteiger partial charge in [-0.2, -0.15) is 0 Å². The molecule has 0 fully saturated rings. The van der Waals surface area contributed by atoms with Crippen LogP contribution in [0.3, 0.4) is 0 Å². The van der Waals surface area contributed by atoms with E-state index in [4.69, 9.17) is 18.1 Å². The molecule has 2 nitrogen and oxygen atoms in total. The molecule has 1 heterocycles. The van der Waals surface area contributed by atoms with Gasteiger partial charge in [0.25, 0.3) is 0 Å². The Balaban J connectivity index is 1.23. The van der Waals surface area contributed by atoms with Crippen molar-refractivity contribution in [2.24, 2.45) is 0 Å². The van der Waals surface area contributed by atoms with Crippen LogP contribution >= 0.6 is 0 Å². The molecule has 1 aliphatic carbocycles. The minimum atomic E-state index is -0.456. The standard InChI is InChI=1S/C49H35NO/c1-49(2)42-21-10-9-18-39(42)40-29-28-37(31-43(40)49)50(36-26-23-33(24-27-36)32-13-5-3-6-14-32)44-22-12-20-41-47-45(51-48(41)44)30-25-35-17-11-19-38(46(35)47)34-15-7-4-8-16-34/h3-31H,1-2H3/i3D,4D,5D,6D,7D,8D,13D,14D,15D,16D. The van der Waals surface area contributed by atoms with Crippen LogP contribution in [0.5, 0.6) is 0 Å². The quantitative estimate of drug-likeness (QED) is 0.182. The van der Waals surface area contributed by atoms with Crippen molar-refractivity contribution in [3.63, 3.8) is 0 Å². The number of fused-ring (bicyclic) bond motifs is 8. The average molecular weight is 664 g/mol. The van der Waals surface area contributed by atoms with E-state index in [0.29, 0.717) is 33.4 Å². The van der Waals surface area contributed by atoms with Crippen LogP contribution < -0.4 is 4.90 Å². The molecule has 9 aromatic rings. The van der Waals surface area contributed by atoms with E-state index in [9.17, 15) is 0 Å². The van der Waals surface area contributed by atoms with Crippen LogP contribution in [0.15, 0.2) is 180 Å². The van der Waals surface area contributed by atoms with Gasteiger partial charge in [-0.3, -0.25) is 0 Å². The maximum atomic E-state index is 8.86. The summed E-state index contributed by atoms with van der Waals surface area (Å²) >= 11 is 0. The third-order valence-electron chi connectivity index (χ3n) is 10.2. The first-order valence-electron chi connectivity index (χ1n) is 21.9. The van der Waals surface area contributed by atoms with E-state index in [0.717, 1.165) is 38.7 Å². The third-order valence-corrected chi connectivity index (χ3v) is 10.2. The zero-order valence-corrected chi connectivity index (χ0v) is 27.8. The zero-order chi connectivity index (χ0) is 42.8. The second-order valence-electron chi connectivity index (χ2n) is 13.4. The second kappa shape index (κ2) is 11.3. The van der Waals surface area contributed by atoms with Crippen LogP contribution in [0.2, 0.25) is 0 Å². The Hall–Kier alpha value is -6.38. The van der Waals surface area contributed by atoms with Gasteiger partial charge in [0.15, 0.2) is 5.58 Å². The van der Waals surface area contributed by atoms with Gasteiger partial charge in [-0.05, 0) is 86.3 Å². The lowest BCUT2D eigenvalue weighted by Gasteiger charge is -2.28. The third kappa shape index (κ3) is 4.57. The van der Waals surface area contributed by atoms with Crippen LogP contribution in [0.1, 0.15) is 38.7 Å². The fraction of sp³-hybridized carbons (Fsp3) is 0.0612. The number of anilines is 3. The topological polar surface area (TPSA) is 16.4 Å². The molecule has 0 saturated heterocycles. The molecule has 2 heteroatoms. The highest BCUT2D eigenvalue weighted by molar-refractivity contribution is 6.24. The molecule has 0 aliphatic heterocycles. The van der Waals surface area contributed by atoms with E-state index in [1.807, 2.05) is 54.6 Å². The predicted octanol–water partition coefficient (Wildman–Crippen LogP) is 13.8. The number of nitrogens with zero attached hydrogens (tertiary/aromatic N) is 1. The summed E-state index contributed by atoms with van der Waals surface area (Å²) in [7, 11) is 0. The Labute approximate surface area is 311 Å². The van der Waals surface area contributed by atoms with Gasteiger partial charge in [-0.1, -0.05) is 153 Å². The molecule has 8 aromatic carbocycles. The van der Waals surface area contributed by atoms with E-state index in [1.54, 1.807) is 18.2 Å². The highest BCUT2D eigenvalue weighted by atomic mass is 16.3. The molecule has 1 aromatic heterocycles. The number of benzene rings is 8. The molecule has 0 N–H and O–H groups in total. The van der Waals surface area contributed by atoms with Gasteiger partial charge >= 0.3 is 0 Å². The number of para-hydroxylation sites is 1. The van der Waals surface area contributed by atoms with E-state index in [1.165, 1.54) is 11.1 Å². The molecule has 10 rings (SSSR count). The van der Waals surface area contributed by atoms with Crippen LogP contribution in [0.4, 0.5) is 17.1 Å². The van der Waals surface area contributed by atoms with Crippen molar-refractivity contribution in [2.75, 3.05) is 4.90 Å². The number of hydrogen-bond donors (Lipinski definition) is 0. The van der Waals surface area contributed by atoms with E-state index >= 15 is 0 Å². The molecule has 242 valence electrons. The Bertz CT molecular complexity index is 3300. The minimum Gasteiger partial charge on any atom is -0.454 e. The Morgan fingerprint density at radius 3 is 2.02 bits per heavy atom. The van der Waals surface area contributed by atoms with Gasteiger partial charge in [0, 0.05) is 32.9 Å². The van der Waals surface area contributed by atoms with Gasteiger partial charge in [0.1, 0.15) is 5.58 Å². The maximum absolute atomic E-state index is 8.86. The molecule has 0 radical (unpaired) electrons. The van der Waals surface area contributed by atoms with E-state index in [2.05, 4.69) is 61.2 Å². The first-order valence-corrected chi connectivity index (χ1v) is 16.9. The van der Waals surface area contributed by atoms with Crippen molar-refractivity contribution in [2.45, 2.75) is 19.3 Å². The Morgan fingerprint density at radius 2 is 1.22 bits per heavy atom. The lowest BCUT2D eigenvalue weighted by atomic mass is 9.82. The van der Waals surface area contributed by atoms with Gasteiger partial charge in [0.2, 0.25) is 0 Å². The SMILES string of the molecule is [2H]c1c([2H])c([2H])c(-c2ccc(N(c3ccc4c(c3)C(C)(C)c3ccccc3-4)c3cccc4c3oc3ccc5cccc(-c6c([2H])c([2H])c([2H])c([2H])c6[2H])c5c34)cc2)c([2H])c1[2H]. The maximum Gasteiger partial charge on any atom is 0.159 e. The summed E-state index contributed by atoms with van der Waals surface area (Å²) in [6.07, 6.45) is 0. The van der Waals surface area contributed by atoms with Crippen LogP contribution in [0.25, 0.3) is 66.1 Å². The molecule has 1 aliphatic rings. The zero-order valence-electron chi connectivity index (χ0n) is 37.8. The largest absolute Gasteiger partial charge is 0.454 e. The predicted molar refractivity (Wildman–Crippen MR) is 214 cm³/mol. The molecule has 0 atom stereocenters. The van der Waals surface area contributed by atoms with Crippen molar-refractivity contribution in [1.82, 2.24) is 0 Å². The fourth-order valence-corrected chi connectivity index (χ4v) is 7.85. The summed E-state index contributed by atoms with van der Waals surface area (Å²) in [5.74, 6) is 0. The number of furan rings is 1. The minimum absolute atomic E-state index is 0.109. The number of hydrogen-bond acceptors (Lipinski definition) is 2. The Kier molecular flexibility index (Phi) is 4.66. The summed E-state index contributed by atoms with van der Waals surface area (Å²) in [4.78, 5) is 2.09. The molecule has 0 bridgehead atoms. The van der Waals surface area contributed by atoms with Crippen LogP contribution in [0, 0.1) is 0 Å². The smallest absolute Gasteiger partial charge is 0.159 e. The summed E-state index contributed by atoms with van der Waals surface area (Å²) < 4.78 is 91.6. The van der Waals surface area contributed by atoms with Crippen molar-refractivity contribution in [3.8, 4) is 33.4 Å². The summed E-state index contributed by atoms with van der Waals surface area (Å²) in [6.45, 7) is 4.44. The molecular formula is C49H35NO. The second-order valence-corrected chi connectivity index (χ2v) is 13.4. The molecule has 0 spiro atoms. The van der Waals surface area contributed by atoms with E-state index in [-0.39, 0.29) is 40.7 Å². The molecule has 51 heavy (non-hydrogen) atoms. The molecule has 0 unspecified atom stereocenters. The first-order chi connectivity index (χ1) is 29.2. The highest BCUT2D eigenvalue weighted by Gasteiger charge is 2.36. The summed E-state index contributed by atoms with van der Waals surface area (Å²) in [6, 6.07) is 33.7. The lowest BCUT2D eigenvalue weighted by molar-refractivity contribution is 0.660. The van der Waals surface area contributed by atoms with Crippen molar-refractivity contribution < 1.29 is 18.1 Å². The fourth-order valence-electron chi connectivity index (χ4n) is 7.85. The number of rotatable bonds is 5. The van der Waals surface area contributed by atoms with Crippen LogP contribution in [-0.2, 0) is 5.41 Å². The first kappa shape index (κ1) is 21.0.